The second-order valence-electron chi connectivity index (χ2n) is 5.34. The highest BCUT2D eigenvalue weighted by Crippen LogP contribution is 2.35. The van der Waals surface area contributed by atoms with Crippen molar-refractivity contribution < 1.29 is 9.59 Å². The second kappa shape index (κ2) is 5.17. The quantitative estimate of drug-likeness (QED) is 0.806. The zero-order valence-electron chi connectivity index (χ0n) is 12.2. The molecule has 106 valence electrons. The standard InChI is InChI=1S/C18H17NO2/c1-3-6-13-11-12(2)14-7-4-5-8-15(14)18(13)19-16(20)9-10-17(19)21/h4-5,7-11H,3,6H2,1-2H3. The number of fused-ring (bicyclic) bond motifs is 1. The van der Waals surface area contributed by atoms with E-state index in [-0.39, 0.29) is 11.8 Å². The number of amides is 2. The maximum atomic E-state index is 12.1. The van der Waals surface area contributed by atoms with Crippen LogP contribution in [0.5, 0.6) is 0 Å². The fourth-order valence-electron chi connectivity index (χ4n) is 2.96. The van der Waals surface area contributed by atoms with Gasteiger partial charge in [0.2, 0.25) is 0 Å². The number of benzene rings is 2. The summed E-state index contributed by atoms with van der Waals surface area (Å²) >= 11 is 0. The molecule has 0 spiro atoms. The Kier molecular flexibility index (Phi) is 3.34. The Morgan fingerprint density at radius 3 is 2.24 bits per heavy atom. The van der Waals surface area contributed by atoms with Gasteiger partial charge in [0.15, 0.2) is 0 Å². The molecule has 2 amide bonds. The molecular formula is C18H17NO2. The number of aryl methyl sites for hydroxylation is 2. The molecule has 1 heterocycles. The zero-order chi connectivity index (χ0) is 15.0. The molecule has 0 aliphatic carbocycles. The summed E-state index contributed by atoms with van der Waals surface area (Å²) in [6.45, 7) is 4.16. The van der Waals surface area contributed by atoms with Gasteiger partial charge in [-0.05, 0) is 29.9 Å². The largest absolute Gasteiger partial charge is 0.269 e. The first-order valence-electron chi connectivity index (χ1n) is 7.21. The summed E-state index contributed by atoms with van der Waals surface area (Å²) in [6, 6.07) is 10.0. The van der Waals surface area contributed by atoms with Crippen molar-refractivity contribution in [2.24, 2.45) is 0 Å². The fourth-order valence-corrected chi connectivity index (χ4v) is 2.96. The third-order valence-electron chi connectivity index (χ3n) is 3.85. The van der Waals surface area contributed by atoms with E-state index >= 15 is 0 Å². The van der Waals surface area contributed by atoms with Gasteiger partial charge in [-0.3, -0.25) is 9.59 Å². The summed E-state index contributed by atoms with van der Waals surface area (Å²) in [5, 5.41) is 2.05. The molecule has 1 aliphatic rings. The van der Waals surface area contributed by atoms with Crippen LogP contribution in [0.2, 0.25) is 0 Å². The summed E-state index contributed by atoms with van der Waals surface area (Å²) in [4.78, 5) is 25.5. The summed E-state index contributed by atoms with van der Waals surface area (Å²) in [7, 11) is 0. The molecule has 0 aromatic heterocycles. The van der Waals surface area contributed by atoms with Crippen molar-refractivity contribution in [3.63, 3.8) is 0 Å². The first-order chi connectivity index (χ1) is 10.1. The van der Waals surface area contributed by atoms with Gasteiger partial charge in [-0.25, -0.2) is 4.90 Å². The van der Waals surface area contributed by atoms with Crippen molar-refractivity contribution in [2.75, 3.05) is 4.90 Å². The summed E-state index contributed by atoms with van der Waals surface area (Å²) < 4.78 is 0. The molecule has 2 aromatic carbocycles. The Bertz CT molecular complexity index is 756. The monoisotopic (exact) mass is 279 g/mol. The smallest absolute Gasteiger partial charge is 0.258 e. The highest BCUT2D eigenvalue weighted by molar-refractivity contribution is 6.30. The molecule has 0 radical (unpaired) electrons. The van der Waals surface area contributed by atoms with E-state index in [0.717, 1.165) is 34.9 Å². The van der Waals surface area contributed by atoms with Crippen LogP contribution in [0.1, 0.15) is 24.5 Å². The molecule has 3 heteroatoms. The lowest BCUT2D eigenvalue weighted by atomic mass is 9.96. The van der Waals surface area contributed by atoms with E-state index in [1.54, 1.807) is 0 Å². The van der Waals surface area contributed by atoms with Crippen LogP contribution in [0.25, 0.3) is 10.8 Å². The van der Waals surface area contributed by atoms with Crippen LogP contribution in [0.15, 0.2) is 42.5 Å². The molecule has 2 aromatic rings. The second-order valence-corrected chi connectivity index (χ2v) is 5.34. The number of carbonyl (C=O) groups is 2. The highest BCUT2D eigenvalue weighted by Gasteiger charge is 2.28. The summed E-state index contributed by atoms with van der Waals surface area (Å²) in [5.74, 6) is -0.516. The maximum Gasteiger partial charge on any atom is 0.258 e. The minimum Gasteiger partial charge on any atom is -0.269 e. The van der Waals surface area contributed by atoms with Crippen molar-refractivity contribution in [3.8, 4) is 0 Å². The van der Waals surface area contributed by atoms with Crippen molar-refractivity contribution in [2.45, 2.75) is 26.7 Å². The molecule has 3 nitrogen and oxygen atoms in total. The number of carbonyl (C=O) groups excluding carboxylic acids is 2. The average Bonchev–Trinajstić information content (AvgIpc) is 2.80. The van der Waals surface area contributed by atoms with Crippen LogP contribution in [-0.4, -0.2) is 11.8 Å². The SMILES string of the molecule is CCCc1cc(C)c2ccccc2c1N1C(=O)C=CC1=O. The lowest BCUT2D eigenvalue weighted by Crippen LogP contribution is -2.30. The van der Waals surface area contributed by atoms with E-state index in [1.807, 2.05) is 24.3 Å². The number of rotatable bonds is 3. The van der Waals surface area contributed by atoms with Crippen LogP contribution in [0.4, 0.5) is 5.69 Å². The van der Waals surface area contributed by atoms with Crippen LogP contribution in [0.3, 0.4) is 0 Å². The van der Waals surface area contributed by atoms with E-state index in [4.69, 9.17) is 0 Å². The zero-order valence-corrected chi connectivity index (χ0v) is 12.2. The molecule has 0 saturated heterocycles. The van der Waals surface area contributed by atoms with Gasteiger partial charge in [-0.2, -0.15) is 0 Å². The number of imide groups is 1. The Labute approximate surface area is 123 Å². The maximum absolute atomic E-state index is 12.1. The van der Waals surface area contributed by atoms with Gasteiger partial charge in [0.1, 0.15) is 0 Å². The van der Waals surface area contributed by atoms with Crippen LogP contribution < -0.4 is 4.90 Å². The van der Waals surface area contributed by atoms with Gasteiger partial charge < -0.3 is 0 Å². The minimum absolute atomic E-state index is 0.258. The number of anilines is 1. The minimum atomic E-state index is -0.258. The van der Waals surface area contributed by atoms with Gasteiger partial charge in [0.25, 0.3) is 11.8 Å². The van der Waals surface area contributed by atoms with Gasteiger partial charge in [0.05, 0.1) is 5.69 Å². The van der Waals surface area contributed by atoms with E-state index in [2.05, 4.69) is 19.9 Å². The first-order valence-corrected chi connectivity index (χ1v) is 7.21. The Morgan fingerprint density at radius 2 is 1.62 bits per heavy atom. The third-order valence-corrected chi connectivity index (χ3v) is 3.85. The third kappa shape index (κ3) is 2.15. The molecule has 0 bridgehead atoms. The molecule has 0 unspecified atom stereocenters. The van der Waals surface area contributed by atoms with Crippen molar-refractivity contribution in [3.05, 3.63) is 53.6 Å². The van der Waals surface area contributed by atoms with E-state index in [0.29, 0.717) is 0 Å². The van der Waals surface area contributed by atoms with E-state index in [1.165, 1.54) is 22.6 Å². The first kappa shape index (κ1) is 13.6. The average molecular weight is 279 g/mol. The highest BCUT2D eigenvalue weighted by atomic mass is 16.2. The molecular weight excluding hydrogens is 262 g/mol. The molecule has 0 saturated carbocycles. The summed E-state index contributed by atoms with van der Waals surface area (Å²) in [6.07, 6.45) is 4.49. The molecule has 1 aliphatic heterocycles. The van der Waals surface area contributed by atoms with E-state index in [9.17, 15) is 9.59 Å². The lowest BCUT2D eigenvalue weighted by Gasteiger charge is -2.21. The van der Waals surface area contributed by atoms with Crippen molar-refractivity contribution in [1.29, 1.82) is 0 Å². The molecule has 3 rings (SSSR count). The Morgan fingerprint density at radius 1 is 1.00 bits per heavy atom. The predicted octanol–water partition coefficient (Wildman–Crippen LogP) is 3.53. The molecule has 0 N–H and O–H groups in total. The fraction of sp³-hybridized carbons (Fsp3) is 0.222. The van der Waals surface area contributed by atoms with Gasteiger partial charge in [-0.15, -0.1) is 0 Å². The molecule has 0 atom stereocenters. The van der Waals surface area contributed by atoms with Crippen molar-refractivity contribution in [1.82, 2.24) is 0 Å². The number of hydrogen-bond donors (Lipinski definition) is 0. The summed E-state index contributed by atoms with van der Waals surface area (Å²) in [5.41, 5.74) is 2.97. The van der Waals surface area contributed by atoms with Gasteiger partial charge in [-0.1, -0.05) is 43.7 Å². The Balaban J connectivity index is 2.33. The predicted molar refractivity (Wildman–Crippen MR) is 84.3 cm³/mol. The topological polar surface area (TPSA) is 37.4 Å². The van der Waals surface area contributed by atoms with Gasteiger partial charge >= 0.3 is 0 Å². The van der Waals surface area contributed by atoms with Gasteiger partial charge in [0, 0.05) is 17.5 Å². The lowest BCUT2D eigenvalue weighted by molar-refractivity contribution is -0.119. The van der Waals surface area contributed by atoms with Crippen molar-refractivity contribution >= 4 is 28.3 Å². The van der Waals surface area contributed by atoms with E-state index < -0.39 is 0 Å². The normalized spacial score (nSPS) is 14.5. The molecule has 21 heavy (non-hydrogen) atoms. The van der Waals surface area contributed by atoms with Crippen LogP contribution >= 0.6 is 0 Å². The number of nitrogens with zero attached hydrogens (tertiary/aromatic N) is 1. The molecule has 0 fully saturated rings. The number of hydrogen-bond acceptors (Lipinski definition) is 2. The van der Waals surface area contributed by atoms with Crippen LogP contribution in [0, 0.1) is 6.92 Å². The Hall–Kier alpha value is -2.42. The van der Waals surface area contributed by atoms with Crippen LogP contribution in [-0.2, 0) is 16.0 Å².